The van der Waals surface area contributed by atoms with Gasteiger partial charge in [0, 0.05) is 5.69 Å². The molecule has 0 saturated heterocycles. The zero-order chi connectivity index (χ0) is 21.8. The number of hydrogen-bond acceptors (Lipinski definition) is 8. The van der Waals surface area contributed by atoms with Gasteiger partial charge in [-0.25, -0.2) is 0 Å². The van der Waals surface area contributed by atoms with Crippen molar-refractivity contribution in [2.75, 3.05) is 0 Å². The molecule has 0 amide bonds. The molecule has 0 aliphatic carbocycles. The first kappa shape index (κ1) is 20.7. The average Bonchev–Trinajstić information content (AvgIpc) is 3.58. The third kappa shape index (κ3) is 4.55. The Morgan fingerprint density at radius 3 is 2.66 bits per heavy atom. The number of para-hydroxylation sites is 2. The topological polar surface area (TPSA) is 78.9 Å². The summed E-state index contributed by atoms with van der Waals surface area (Å²) >= 11 is 9.25. The van der Waals surface area contributed by atoms with Gasteiger partial charge in [-0.1, -0.05) is 64.9 Å². The van der Waals surface area contributed by atoms with E-state index in [1.807, 2.05) is 70.6 Å². The van der Waals surface area contributed by atoms with Gasteiger partial charge < -0.3 is 9.26 Å². The summed E-state index contributed by atoms with van der Waals surface area (Å²) in [6.07, 6.45) is 0. The molecule has 0 bridgehead atoms. The van der Waals surface area contributed by atoms with E-state index >= 15 is 0 Å². The minimum atomic E-state index is 0.219. The molecule has 0 N–H and O–H groups in total. The smallest absolute Gasteiger partial charge is 0.268 e. The molecule has 0 aliphatic heterocycles. The van der Waals surface area contributed by atoms with E-state index in [9.17, 15) is 0 Å². The van der Waals surface area contributed by atoms with Crippen molar-refractivity contribution in [3.8, 4) is 22.2 Å². The molecule has 0 unspecified atom stereocenters. The molecule has 160 valence electrons. The van der Waals surface area contributed by atoms with Crippen molar-refractivity contribution in [2.45, 2.75) is 17.5 Å². The van der Waals surface area contributed by atoms with Crippen LogP contribution in [0.5, 0.6) is 5.75 Å². The summed E-state index contributed by atoms with van der Waals surface area (Å²) in [5.41, 5.74) is 0.935. The van der Waals surface area contributed by atoms with Gasteiger partial charge in [0.05, 0.1) is 15.7 Å². The average molecular weight is 482 g/mol. The number of rotatable bonds is 8. The van der Waals surface area contributed by atoms with Crippen LogP contribution >= 0.6 is 34.7 Å². The van der Waals surface area contributed by atoms with Crippen molar-refractivity contribution in [3.63, 3.8) is 0 Å². The van der Waals surface area contributed by atoms with E-state index in [1.54, 1.807) is 17.4 Å². The summed E-state index contributed by atoms with van der Waals surface area (Å²) in [5, 5.41) is 16.0. The van der Waals surface area contributed by atoms with Gasteiger partial charge in [-0.05, 0) is 35.7 Å². The molecule has 0 radical (unpaired) electrons. The van der Waals surface area contributed by atoms with E-state index in [2.05, 4.69) is 20.3 Å². The summed E-state index contributed by atoms with van der Waals surface area (Å²) < 4.78 is 13.2. The molecule has 0 fully saturated rings. The monoisotopic (exact) mass is 481 g/mol. The van der Waals surface area contributed by atoms with Gasteiger partial charge in [-0.15, -0.1) is 21.5 Å². The van der Waals surface area contributed by atoms with Crippen LogP contribution in [-0.4, -0.2) is 24.9 Å². The summed E-state index contributed by atoms with van der Waals surface area (Å²) in [6, 6.07) is 21.1. The SMILES string of the molecule is Clc1ccccc1OCc1nnc(SCc2noc(-c3cccs3)n2)n1-c1ccccc1. The van der Waals surface area contributed by atoms with E-state index in [1.165, 1.54) is 11.8 Å². The third-order valence-corrected chi connectivity index (χ3v) is 6.53. The maximum Gasteiger partial charge on any atom is 0.268 e. The molecule has 10 heteroatoms. The molecule has 7 nitrogen and oxygen atoms in total. The summed E-state index contributed by atoms with van der Waals surface area (Å²) in [5.74, 6) is 2.86. The van der Waals surface area contributed by atoms with Gasteiger partial charge in [-0.3, -0.25) is 4.57 Å². The van der Waals surface area contributed by atoms with Crippen molar-refractivity contribution in [1.29, 1.82) is 0 Å². The molecule has 0 saturated carbocycles. The molecule has 3 heterocycles. The molecule has 0 aliphatic rings. The van der Waals surface area contributed by atoms with E-state index < -0.39 is 0 Å². The Morgan fingerprint density at radius 2 is 1.84 bits per heavy atom. The maximum atomic E-state index is 6.21. The number of benzene rings is 2. The van der Waals surface area contributed by atoms with Crippen molar-refractivity contribution >= 4 is 34.7 Å². The molecule has 5 aromatic rings. The van der Waals surface area contributed by atoms with Crippen LogP contribution < -0.4 is 4.74 Å². The zero-order valence-corrected chi connectivity index (χ0v) is 19.0. The molecule has 32 heavy (non-hydrogen) atoms. The van der Waals surface area contributed by atoms with E-state index in [0.29, 0.717) is 39.2 Å². The highest BCUT2D eigenvalue weighted by Gasteiger charge is 2.17. The van der Waals surface area contributed by atoms with Crippen molar-refractivity contribution in [1.82, 2.24) is 24.9 Å². The van der Waals surface area contributed by atoms with Crippen LogP contribution in [0.3, 0.4) is 0 Å². The molecule has 3 aromatic heterocycles. The number of hydrogen-bond donors (Lipinski definition) is 0. The first-order valence-electron chi connectivity index (χ1n) is 9.64. The van der Waals surface area contributed by atoms with Crippen molar-refractivity contribution in [3.05, 3.63) is 88.8 Å². The fourth-order valence-corrected chi connectivity index (χ4v) is 4.62. The molecule has 5 rings (SSSR count). The van der Waals surface area contributed by atoms with Gasteiger partial charge in [0.2, 0.25) is 0 Å². The zero-order valence-electron chi connectivity index (χ0n) is 16.6. The first-order chi connectivity index (χ1) is 15.8. The van der Waals surface area contributed by atoms with Gasteiger partial charge in [0.25, 0.3) is 5.89 Å². The lowest BCUT2D eigenvalue weighted by Gasteiger charge is -2.11. The standard InChI is InChI=1S/C22H16ClN5O2S2/c23-16-9-4-5-10-17(16)29-13-20-25-26-22(28(20)15-7-2-1-3-8-15)32-14-19-24-21(30-27-19)18-11-6-12-31-18/h1-12H,13-14H2. The van der Waals surface area contributed by atoms with Crippen LogP contribution in [0.15, 0.2) is 81.8 Å². The predicted molar refractivity (Wildman–Crippen MR) is 124 cm³/mol. The van der Waals surface area contributed by atoms with Gasteiger partial charge in [-0.2, -0.15) is 4.98 Å². The first-order valence-corrected chi connectivity index (χ1v) is 11.9. The molecule has 2 aromatic carbocycles. The summed E-state index contributed by atoms with van der Waals surface area (Å²) in [7, 11) is 0. The number of aromatic nitrogens is 5. The quantitative estimate of drug-likeness (QED) is 0.255. The summed E-state index contributed by atoms with van der Waals surface area (Å²) in [4.78, 5) is 5.42. The lowest BCUT2D eigenvalue weighted by atomic mass is 10.3. The normalized spacial score (nSPS) is 11.0. The van der Waals surface area contributed by atoms with E-state index in [4.69, 9.17) is 20.9 Å². The van der Waals surface area contributed by atoms with Crippen molar-refractivity contribution < 1.29 is 9.26 Å². The van der Waals surface area contributed by atoms with Gasteiger partial charge >= 0.3 is 0 Å². The lowest BCUT2D eigenvalue weighted by molar-refractivity contribution is 0.293. The Labute approximate surface area is 197 Å². The van der Waals surface area contributed by atoms with Crippen molar-refractivity contribution in [2.24, 2.45) is 0 Å². The fraction of sp³-hybridized carbons (Fsp3) is 0.0909. The molecular weight excluding hydrogens is 466 g/mol. The minimum Gasteiger partial charge on any atom is -0.484 e. The third-order valence-electron chi connectivity index (χ3n) is 4.44. The Bertz CT molecular complexity index is 1310. The Balaban J connectivity index is 1.37. The van der Waals surface area contributed by atoms with Crippen LogP contribution in [-0.2, 0) is 12.4 Å². The highest BCUT2D eigenvalue weighted by molar-refractivity contribution is 7.98. The maximum absolute atomic E-state index is 6.21. The highest BCUT2D eigenvalue weighted by atomic mass is 35.5. The predicted octanol–water partition coefficient (Wildman–Crippen LogP) is 5.90. The van der Waals surface area contributed by atoms with Crippen LogP contribution in [0.2, 0.25) is 5.02 Å². The second-order valence-electron chi connectivity index (χ2n) is 6.57. The van der Waals surface area contributed by atoms with Crippen LogP contribution in [0.25, 0.3) is 16.5 Å². The van der Waals surface area contributed by atoms with Crippen LogP contribution in [0, 0.1) is 0 Å². The van der Waals surface area contributed by atoms with Crippen LogP contribution in [0.1, 0.15) is 11.6 Å². The van der Waals surface area contributed by atoms with Gasteiger partial charge in [0.15, 0.2) is 16.8 Å². The molecule has 0 atom stereocenters. The van der Waals surface area contributed by atoms with Gasteiger partial charge in [0.1, 0.15) is 12.4 Å². The van der Waals surface area contributed by atoms with E-state index in [0.717, 1.165) is 10.6 Å². The number of nitrogens with zero attached hydrogens (tertiary/aromatic N) is 5. The minimum absolute atomic E-state index is 0.219. The fourth-order valence-electron chi connectivity index (χ4n) is 2.97. The highest BCUT2D eigenvalue weighted by Crippen LogP contribution is 2.28. The molecule has 0 spiro atoms. The number of ether oxygens (including phenoxy) is 1. The second kappa shape index (κ2) is 9.56. The second-order valence-corrected chi connectivity index (χ2v) is 8.87. The largest absolute Gasteiger partial charge is 0.484 e. The number of thioether (sulfide) groups is 1. The molecular formula is C22H16ClN5O2S2. The Kier molecular flexibility index (Phi) is 6.20. The Hall–Kier alpha value is -3.14. The Morgan fingerprint density at radius 1 is 1.00 bits per heavy atom. The van der Waals surface area contributed by atoms with Crippen LogP contribution in [0.4, 0.5) is 0 Å². The lowest BCUT2D eigenvalue weighted by Crippen LogP contribution is -2.07. The summed E-state index contributed by atoms with van der Waals surface area (Å²) in [6.45, 7) is 0.219. The van der Waals surface area contributed by atoms with E-state index in [-0.39, 0.29) is 6.61 Å². The number of halogens is 1. The number of thiophene rings is 1.